The zero-order chi connectivity index (χ0) is 13.1. The van der Waals surface area contributed by atoms with Crippen molar-refractivity contribution in [1.29, 1.82) is 0 Å². The lowest BCUT2D eigenvalue weighted by molar-refractivity contribution is -0.140. The molecule has 0 amide bonds. The van der Waals surface area contributed by atoms with E-state index in [0.29, 0.717) is 6.42 Å². The van der Waals surface area contributed by atoms with Gasteiger partial charge in [-0.2, -0.15) is 0 Å². The second kappa shape index (κ2) is 5.63. The van der Waals surface area contributed by atoms with E-state index in [9.17, 15) is 5.11 Å². The highest BCUT2D eigenvalue weighted by atomic mass is 16.7. The van der Waals surface area contributed by atoms with Crippen LogP contribution in [-0.4, -0.2) is 49.1 Å². The molecule has 1 aliphatic heterocycles. The standard InChI is InChI=1S/C12H25NO4/c1-9(16-8-15-5)10-12(4,6-7-14)13-11(2,3)17-10/h9-10,13-14H,6-8H2,1-5H3/t9-,10-,12-/m0/s1. The van der Waals surface area contributed by atoms with Crippen molar-refractivity contribution in [3.8, 4) is 0 Å². The van der Waals surface area contributed by atoms with Gasteiger partial charge in [0.1, 0.15) is 18.6 Å². The summed E-state index contributed by atoms with van der Waals surface area (Å²) in [6.45, 7) is 8.34. The van der Waals surface area contributed by atoms with Crippen molar-refractivity contribution >= 4 is 0 Å². The molecule has 0 saturated carbocycles. The molecular formula is C12H25NO4. The normalized spacial score (nSPS) is 33.9. The van der Waals surface area contributed by atoms with Crippen molar-refractivity contribution < 1.29 is 19.3 Å². The Bertz CT molecular complexity index is 247. The maximum Gasteiger partial charge on any atom is 0.146 e. The summed E-state index contributed by atoms with van der Waals surface area (Å²) in [5.74, 6) is 0. The van der Waals surface area contributed by atoms with Crippen LogP contribution in [0.25, 0.3) is 0 Å². The molecule has 1 fully saturated rings. The lowest BCUT2D eigenvalue weighted by Crippen LogP contribution is -2.52. The van der Waals surface area contributed by atoms with E-state index >= 15 is 0 Å². The van der Waals surface area contributed by atoms with Crippen LogP contribution in [0, 0.1) is 0 Å². The monoisotopic (exact) mass is 247 g/mol. The van der Waals surface area contributed by atoms with Gasteiger partial charge < -0.3 is 19.3 Å². The minimum absolute atomic E-state index is 0.0965. The van der Waals surface area contributed by atoms with Crippen LogP contribution in [0.1, 0.15) is 34.1 Å². The molecule has 0 aliphatic carbocycles. The first kappa shape index (κ1) is 14.9. The molecule has 0 aromatic rings. The van der Waals surface area contributed by atoms with E-state index in [2.05, 4.69) is 12.2 Å². The molecule has 0 aromatic carbocycles. The molecule has 0 spiro atoms. The highest BCUT2D eigenvalue weighted by Crippen LogP contribution is 2.34. The third-order valence-electron chi connectivity index (χ3n) is 3.14. The molecule has 0 bridgehead atoms. The van der Waals surface area contributed by atoms with Crippen LogP contribution in [0.2, 0.25) is 0 Å². The fourth-order valence-electron chi connectivity index (χ4n) is 2.55. The van der Waals surface area contributed by atoms with Gasteiger partial charge in [0.2, 0.25) is 0 Å². The average molecular weight is 247 g/mol. The number of methoxy groups -OCH3 is 1. The number of rotatable bonds is 6. The van der Waals surface area contributed by atoms with Gasteiger partial charge in [0, 0.05) is 19.3 Å². The summed E-state index contributed by atoms with van der Waals surface area (Å²) >= 11 is 0. The second-order valence-corrected chi connectivity index (χ2v) is 5.34. The Balaban J connectivity index is 2.72. The van der Waals surface area contributed by atoms with Crippen molar-refractivity contribution in [1.82, 2.24) is 5.32 Å². The van der Waals surface area contributed by atoms with Gasteiger partial charge in [0.15, 0.2) is 0 Å². The Kier molecular flexibility index (Phi) is 4.92. The molecule has 1 heterocycles. The predicted molar refractivity (Wildman–Crippen MR) is 64.6 cm³/mol. The Morgan fingerprint density at radius 3 is 2.59 bits per heavy atom. The number of hydrogen-bond acceptors (Lipinski definition) is 5. The van der Waals surface area contributed by atoms with Crippen molar-refractivity contribution in [2.75, 3.05) is 20.5 Å². The van der Waals surface area contributed by atoms with Gasteiger partial charge in [0.05, 0.1) is 6.10 Å². The zero-order valence-corrected chi connectivity index (χ0v) is 11.4. The van der Waals surface area contributed by atoms with Crippen LogP contribution in [0.3, 0.4) is 0 Å². The van der Waals surface area contributed by atoms with Crippen molar-refractivity contribution in [3.05, 3.63) is 0 Å². The smallest absolute Gasteiger partial charge is 0.146 e. The minimum atomic E-state index is -0.403. The van der Waals surface area contributed by atoms with Gasteiger partial charge in [-0.15, -0.1) is 0 Å². The summed E-state index contributed by atoms with van der Waals surface area (Å²) in [5, 5.41) is 12.6. The summed E-state index contributed by atoms with van der Waals surface area (Å²) < 4.78 is 16.4. The topological polar surface area (TPSA) is 60.0 Å². The van der Waals surface area contributed by atoms with Gasteiger partial charge in [-0.25, -0.2) is 0 Å². The first-order valence-corrected chi connectivity index (χ1v) is 6.03. The largest absolute Gasteiger partial charge is 0.396 e. The van der Waals surface area contributed by atoms with E-state index in [0.717, 1.165) is 0 Å². The second-order valence-electron chi connectivity index (χ2n) is 5.34. The molecular weight excluding hydrogens is 222 g/mol. The molecule has 5 heteroatoms. The number of aliphatic hydroxyl groups is 1. The summed E-state index contributed by atoms with van der Waals surface area (Å²) in [6.07, 6.45) is 0.419. The third kappa shape index (κ3) is 3.63. The maximum atomic E-state index is 9.18. The number of hydrogen-bond donors (Lipinski definition) is 2. The Labute approximate surface area is 103 Å². The van der Waals surface area contributed by atoms with Crippen LogP contribution in [0.4, 0.5) is 0 Å². The first-order valence-electron chi connectivity index (χ1n) is 6.03. The molecule has 5 nitrogen and oxygen atoms in total. The highest BCUT2D eigenvalue weighted by Gasteiger charge is 2.50. The molecule has 102 valence electrons. The molecule has 0 unspecified atom stereocenters. The lowest BCUT2D eigenvalue weighted by atomic mass is 9.89. The van der Waals surface area contributed by atoms with Crippen LogP contribution in [-0.2, 0) is 14.2 Å². The third-order valence-corrected chi connectivity index (χ3v) is 3.14. The molecule has 1 saturated heterocycles. The molecule has 17 heavy (non-hydrogen) atoms. The summed E-state index contributed by atoms with van der Waals surface area (Å²) in [6, 6.07) is 0. The minimum Gasteiger partial charge on any atom is -0.396 e. The maximum absolute atomic E-state index is 9.18. The molecule has 0 aromatic heterocycles. The van der Waals surface area contributed by atoms with E-state index < -0.39 is 5.72 Å². The van der Waals surface area contributed by atoms with Crippen LogP contribution in [0.15, 0.2) is 0 Å². The number of ether oxygens (including phenoxy) is 3. The van der Waals surface area contributed by atoms with E-state index in [1.807, 2.05) is 20.8 Å². The first-order chi connectivity index (χ1) is 7.84. The molecule has 0 radical (unpaired) electrons. The predicted octanol–water partition coefficient (Wildman–Crippen LogP) is 0.861. The molecule has 1 aliphatic rings. The summed E-state index contributed by atoms with van der Waals surface area (Å²) in [5.41, 5.74) is -0.690. The quantitative estimate of drug-likeness (QED) is 0.682. The van der Waals surface area contributed by atoms with E-state index in [1.54, 1.807) is 7.11 Å². The average Bonchev–Trinajstić information content (AvgIpc) is 2.45. The molecule has 1 rings (SSSR count). The van der Waals surface area contributed by atoms with Crippen molar-refractivity contribution in [2.24, 2.45) is 0 Å². The van der Waals surface area contributed by atoms with Crippen LogP contribution in [0.5, 0.6) is 0 Å². The Morgan fingerprint density at radius 2 is 2.06 bits per heavy atom. The van der Waals surface area contributed by atoms with Gasteiger partial charge in [0.25, 0.3) is 0 Å². The van der Waals surface area contributed by atoms with Gasteiger partial charge >= 0.3 is 0 Å². The van der Waals surface area contributed by atoms with E-state index in [1.165, 1.54) is 0 Å². The van der Waals surface area contributed by atoms with Crippen molar-refractivity contribution in [3.63, 3.8) is 0 Å². The van der Waals surface area contributed by atoms with E-state index in [4.69, 9.17) is 14.2 Å². The highest BCUT2D eigenvalue weighted by molar-refractivity contribution is 5.03. The SMILES string of the molecule is COCO[C@@H](C)[C@@H]1OC(C)(C)N[C@@]1(C)CCO. The van der Waals surface area contributed by atoms with Crippen LogP contribution >= 0.6 is 0 Å². The fraction of sp³-hybridized carbons (Fsp3) is 1.00. The Hall–Kier alpha value is -0.200. The fourth-order valence-corrected chi connectivity index (χ4v) is 2.55. The van der Waals surface area contributed by atoms with Gasteiger partial charge in [-0.1, -0.05) is 0 Å². The Morgan fingerprint density at radius 1 is 1.41 bits per heavy atom. The number of aliphatic hydroxyl groups excluding tert-OH is 1. The number of nitrogens with one attached hydrogen (secondary N) is 1. The summed E-state index contributed by atoms with van der Waals surface area (Å²) in [7, 11) is 1.59. The molecule has 2 N–H and O–H groups in total. The lowest BCUT2D eigenvalue weighted by Gasteiger charge is -2.32. The molecule has 3 atom stereocenters. The zero-order valence-electron chi connectivity index (χ0n) is 11.4. The van der Waals surface area contributed by atoms with E-state index in [-0.39, 0.29) is 31.1 Å². The summed E-state index contributed by atoms with van der Waals surface area (Å²) in [4.78, 5) is 0. The van der Waals surface area contributed by atoms with Crippen molar-refractivity contribution in [2.45, 2.75) is 57.6 Å². The van der Waals surface area contributed by atoms with Crippen LogP contribution < -0.4 is 5.32 Å². The van der Waals surface area contributed by atoms with Gasteiger partial charge in [-0.05, 0) is 34.1 Å². The van der Waals surface area contributed by atoms with Gasteiger partial charge in [-0.3, -0.25) is 5.32 Å².